The van der Waals surface area contributed by atoms with Crippen molar-refractivity contribution in [2.24, 2.45) is 0 Å². The Morgan fingerprint density at radius 3 is 2.22 bits per heavy atom. The monoisotopic (exact) mass is 248 g/mol. The molecular weight excluding hydrogens is 224 g/mol. The number of carbonyl (C=O) groups excluding carboxylic acids is 1. The van der Waals surface area contributed by atoms with E-state index in [-0.39, 0.29) is 5.91 Å². The maximum absolute atomic E-state index is 12.4. The average Bonchev–Trinajstić information content (AvgIpc) is 2.39. The van der Waals surface area contributed by atoms with Crippen LogP contribution in [0.1, 0.15) is 55.6 Å². The molecule has 0 aliphatic carbocycles. The van der Waals surface area contributed by atoms with Crippen molar-refractivity contribution < 1.29 is 4.79 Å². The number of rotatable bonds is 7. The molecule has 0 radical (unpaired) electrons. The van der Waals surface area contributed by atoms with Crippen LogP contribution in [0.5, 0.6) is 0 Å². The van der Waals surface area contributed by atoms with Crippen molar-refractivity contribution in [1.29, 1.82) is 0 Å². The highest BCUT2D eigenvalue weighted by Gasteiger charge is 2.14. The van der Waals surface area contributed by atoms with E-state index in [9.17, 15) is 4.79 Å². The molecule has 0 atom stereocenters. The molecule has 0 bridgehead atoms. The van der Waals surface area contributed by atoms with Crippen LogP contribution < -0.4 is 0 Å². The summed E-state index contributed by atoms with van der Waals surface area (Å²) >= 11 is 0. The van der Waals surface area contributed by atoms with Gasteiger partial charge in [0.05, 0.1) is 5.56 Å². The Bertz CT molecular complexity index is 351. The molecule has 0 saturated heterocycles. The maximum atomic E-state index is 12.4. The number of amides is 1. The summed E-state index contributed by atoms with van der Waals surface area (Å²) in [4.78, 5) is 18.5. The second-order valence-corrected chi connectivity index (χ2v) is 4.69. The molecule has 1 rings (SSSR count). The third kappa shape index (κ3) is 4.47. The zero-order valence-corrected chi connectivity index (χ0v) is 11.8. The van der Waals surface area contributed by atoms with Gasteiger partial charge in [-0.05, 0) is 31.9 Å². The van der Waals surface area contributed by atoms with Crippen LogP contribution in [0.4, 0.5) is 0 Å². The van der Waals surface area contributed by atoms with Gasteiger partial charge in [-0.2, -0.15) is 0 Å². The zero-order chi connectivity index (χ0) is 13.4. The molecule has 0 fully saturated rings. The number of nitrogens with zero attached hydrogens (tertiary/aromatic N) is 2. The molecular formula is C15H24N2O. The molecule has 0 aliphatic rings. The van der Waals surface area contributed by atoms with Gasteiger partial charge in [-0.25, -0.2) is 0 Å². The lowest BCUT2D eigenvalue weighted by molar-refractivity contribution is 0.0750. The van der Waals surface area contributed by atoms with Crippen molar-refractivity contribution in [2.75, 3.05) is 13.1 Å². The van der Waals surface area contributed by atoms with Gasteiger partial charge >= 0.3 is 0 Å². The predicted molar refractivity (Wildman–Crippen MR) is 74.7 cm³/mol. The van der Waals surface area contributed by atoms with Crippen LogP contribution in [-0.2, 0) is 0 Å². The van der Waals surface area contributed by atoms with Gasteiger partial charge in [0.25, 0.3) is 5.91 Å². The van der Waals surface area contributed by atoms with E-state index in [0.717, 1.165) is 44.5 Å². The van der Waals surface area contributed by atoms with Gasteiger partial charge in [-0.1, -0.05) is 26.7 Å². The van der Waals surface area contributed by atoms with E-state index in [1.807, 2.05) is 24.0 Å². The average molecular weight is 248 g/mol. The largest absolute Gasteiger partial charge is 0.339 e. The second-order valence-electron chi connectivity index (χ2n) is 4.69. The van der Waals surface area contributed by atoms with Crippen LogP contribution in [0.3, 0.4) is 0 Å². The lowest BCUT2D eigenvalue weighted by Crippen LogP contribution is -2.33. The fourth-order valence-corrected chi connectivity index (χ4v) is 1.79. The molecule has 0 aromatic carbocycles. The van der Waals surface area contributed by atoms with Gasteiger partial charge in [0.1, 0.15) is 0 Å². The van der Waals surface area contributed by atoms with E-state index in [1.54, 1.807) is 6.20 Å². The third-order valence-corrected chi connectivity index (χ3v) is 3.01. The summed E-state index contributed by atoms with van der Waals surface area (Å²) in [5.74, 6) is 0.115. The lowest BCUT2D eigenvalue weighted by Gasteiger charge is -2.22. The summed E-state index contributed by atoms with van der Waals surface area (Å²) in [6, 6.07) is 3.76. The maximum Gasteiger partial charge on any atom is 0.255 e. The Labute approximate surface area is 110 Å². The van der Waals surface area contributed by atoms with Crippen LogP contribution in [-0.4, -0.2) is 28.9 Å². The standard InChI is InChI=1S/C15H24N2O/c1-4-6-10-17(11-7-5-2)15(18)14-9-8-13(3)16-12-14/h8-9,12H,4-7,10-11H2,1-3H3. The highest BCUT2D eigenvalue weighted by molar-refractivity contribution is 5.93. The summed E-state index contributed by atoms with van der Waals surface area (Å²) in [5, 5.41) is 0. The first-order valence-corrected chi connectivity index (χ1v) is 6.91. The Morgan fingerprint density at radius 1 is 1.17 bits per heavy atom. The number of pyridine rings is 1. The number of carbonyl (C=O) groups is 1. The normalized spacial score (nSPS) is 10.4. The molecule has 1 heterocycles. The second kappa shape index (κ2) is 7.85. The first kappa shape index (κ1) is 14.7. The topological polar surface area (TPSA) is 33.2 Å². The Kier molecular flexibility index (Phi) is 6.40. The Balaban J connectivity index is 2.70. The van der Waals surface area contributed by atoms with Crippen LogP contribution in [0, 0.1) is 6.92 Å². The van der Waals surface area contributed by atoms with Crippen molar-refractivity contribution in [3.63, 3.8) is 0 Å². The van der Waals surface area contributed by atoms with E-state index >= 15 is 0 Å². The quantitative estimate of drug-likeness (QED) is 0.740. The highest BCUT2D eigenvalue weighted by atomic mass is 16.2. The van der Waals surface area contributed by atoms with E-state index in [2.05, 4.69) is 18.8 Å². The van der Waals surface area contributed by atoms with E-state index in [4.69, 9.17) is 0 Å². The summed E-state index contributed by atoms with van der Waals surface area (Å²) < 4.78 is 0. The minimum absolute atomic E-state index is 0.115. The van der Waals surface area contributed by atoms with Crippen LogP contribution in [0.25, 0.3) is 0 Å². The van der Waals surface area contributed by atoms with E-state index in [0.29, 0.717) is 5.56 Å². The molecule has 0 unspecified atom stereocenters. The molecule has 1 amide bonds. The molecule has 3 heteroatoms. The van der Waals surface area contributed by atoms with Crippen molar-refractivity contribution in [3.05, 3.63) is 29.6 Å². The number of hydrogen-bond donors (Lipinski definition) is 0. The highest BCUT2D eigenvalue weighted by Crippen LogP contribution is 2.08. The number of hydrogen-bond acceptors (Lipinski definition) is 2. The predicted octanol–water partition coefficient (Wildman–Crippen LogP) is 3.43. The van der Waals surface area contributed by atoms with E-state index in [1.165, 1.54) is 0 Å². The minimum Gasteiger partial charge on any atom is -0.339 e. The molecule has 0 saturated carbocycles. The van der Waals surface area contributed by atoms with Crippen molar-refractivity contribution in [3.8, 4) is 0 Å². The Morgan fingerprint density at radius 2 is 1.78 bits per heavy atom. The minimum atomic E-state index is 0.115. The summed E-state index contributed by atoms with van der Waals surface area (Å²) in [7, 11) is 0. The van der Waals surface area contributed by atoms with Gasteiger partial charge in [0.15, 0.2) is 0 Å². The van der Waals surface area contributed by atoms with Crippen LogP contribution in [0.2, 0.25) is 0 Å². The summed E-state index contributed by atoms with van der Waals surface area (Å²) in [6.45, 7) is 7.93. The Hall–Kier alpha value is -1.38. The van der Waals surface area contributed by atoms with Gasteiger partial charge < -0.3 is 4.90 Å². The molecule has 18 heavy (non-hydrogen) atoms. The fraction of sp³-hybridized carbons (Fsp3) is 0.600. The van der Waals surface area contributed by atoms with E-state index < -0.39 is 0 Å². The molecule has 1 aromatic heterocycles. The zero-order valence-electron chi connectivity index (χ0n) is 11.8. The molecule has 100 valence electrons. The SMILES string of the molecule is CCCCN(CCCC)C(=O)c1ccc(C)nc1. The first-order chi connectivity index (χ1) is 8.69. The first-order valence-electron chi connectivity index (χ1n) is 6.91. The molecule has 0 spiro atoms. The van der Waals surface area contributed by atoms with Crippen LogP contribution >= 0.6 is 0 Å². The van der Waals surface area contributed by atoms with Gasteiger partial charge in [0, 0.05) is 25.0 Å². The van der Waals surface area contributed by atoms with Crippen LogP contribution in [0.15, 0.2) is 18.3 Å². The number of aromatic nitrogens is 1. The molecule has 0 N–H and O–H groups in total. The van der Waals surface area contributed by atoms with Crippen molar-refractivity contribution in [1.82, 2.24) is 9.88 Å². The molecule has 3 nitrogen and oxygen atoms in total. The summed E-state index contributed by atoms with van der Waals surface area (Å²) in [6.07, 6.45) is 6.04. The van der Waals surface area contributed by atoms with Gasteiger partial charge in [-0.3, -0.25) is 9.78 Å². The molecule has 0 aliphatic heterocycles. The van der Waals surface area contributed by atoms with Crippen molar-refractivity contribution in [2.45, 2.75) is 46.5 Å². The smallest absolute Gasteiger partial charge is 0.255 e. The van der Waals surface area contributed by atoms with Crippen molar-refractivity contribution >= 4 is 5.91 Å². The summed E-state index contributed by atoms with van der Waals surface area (Å²) in [5.41, 5.74) is 1.65. The number of aryl methyl sites for hydroxylation is 1. The van der Waals surface area contributed by atoms with Gasteiger partial charge in [0.2, 0.25) is 0 Å². The lowest BCUT2D eigenvalue weighted by atomic mass is 10.2. The third-order valence-electron chi connectivity index (χ3n) is 3.01. The molecule has 1 aromatic rings. The fourth-order valence-electron chi connectivity index (χ4n) is 1.79. The number of unbranched alkanes of at least 4 members (excludes halogenated alkanes) is 2. The van der Waals surface area contributed by atoms with Gasteiger partial charge in [-0.15, -0.1) is 0 Å².